The molecule has 0 radical (unpaired) electrons. The number of aliphatic hydroxyl groups is 1. The molecule has 1 aliphatic heterocycles. The number of aliphatic hydroxyl groups excluding tert-OH is 1. The van der Waals surface area contributed by atoms with Crippen molar-refractivity contribution >= 4 is 0 Å². The fourth-order valence-corrected chi connectivity index (χ4v) is 6.76. The van der Waals surface area contributed by atoms with E-state index in [1.807, 2.05) is 7.11 Å². The van der Waals surface area contributed by atoms with E-state index in [1.165, 1.54) is 51.5 Å². The normalized spacial score (nSPS) is 56.4. The second kappa shape index (κ2) is 5.50. The standard InChI is InChI=1S/C18H31NO2/c1-19-8-7-11-9-12(21-2)10-15-13-5-3-4-6-14(13)18(20)17(19)16(11)15/h11-18,20H,3-10H2,1-2H3/p+1. The van der Waals surface area contributed by atoms with E-state index < -0.39 is 0 Å². The molecule has 0 amide bonds. The van der Waals surface area contributed by atoms with Gasteiger partial charge in [-0.2, -0.15) is 0 Å². The van der Waals surface area contributed by atoms with Crippen LogP contribution >= 0.6 is 0 Å². The van der Waals surface area contributed by atoms with Gasteiger partial charge >= 0.3 is 0 Å². The highest BCUT2D eigenvalue weighted by Crippen LogP contribution is 2.54. The summed E-state index contributed by atoms with van der Waals surface area (Å²) in [5.41, 5.74) is 0. The van der Waals surface area contributed by atoms with E-state index in [0.717, 1.165) is 23.7 Å². The predicted octanol–water partition coefficient (Wildman–Crippen LogP) is 1.11. The van der Waals surface area contributed by atoms with Crippen LogP contribution in [0, 0.1) is 29.6 Å². The van der Waals surface area contributed by atoms with Crippen LogP contribution in [0.4, 0.5) is 0 Å². The third-order valence-corrected chi connectivity index (χ3v) is 7.60. The van der Waals surface area contributed by atoms with Gasteiger partial charge in [0.2, 0.25) is 0 Å². The molecular formula is C18H32NO2+. The molecule has 3 heteroatoms. The number of ether oxygens (including phenoxy) is 1. The molecule has 0 bridgehead atoms. The van der Waals surface area contributed by atoms with E-state index in [1.54, 1.807) is 4.90 Å². The van der Waals surface area contributed by atoms with Crippen molar-refractivity contribution in [2.24, 2.45) is 29.6 Å². The number of hydrogen-bond acceptors (Lipinski definition) is 2. The van der Waals surface area contributed by atoms with E-state index in [4.69, 9.17) is 4.74 Å². The first-order valence-electron chi connectivity index (χ1n) is 9.24. The van der Waals surface area contributed by atoms with Crippen LogP contribution < -0.4 is 4.90 Å². The van der Waals surface area contributed by atoms with Crippen molar-refractivity contribution in [2.75, 3.05) is 20.7 Å². The predicted molar refractivity (Wildman–Crippen MR) is 82.1 cm³/mol. The zero-order valence-electron chi connectivity index (χ0n) is 13.6. The fourth-order valence-electron chi connectivity index (χ4n) is 6.76. The van der Waals surface area contributed by atoms with Gasteiger partial charge in [0, 0.05) is 13.0 Å². The van der Waals surface area contributed by atoms with Crippen LogP contribution in [-0.4, -0.2) is 44.1 Å². The van der Waals surface area contributed by atoms with Gasteiger partial charge in [-0.25, -0.2) is 0 Å². The molecule has 9 unspecified atom stereocenters. The van der Waals surface area contributed by atoms with Crippen LogP contribution in [-0.2, 0) is 4.74 Å². The fraction of sp³-hybridized carbons (Fsp3) is 1.00. The minimum absolute atomic E-state index is 0.0431. The summed E-state index contributed by atoms with van der Waals surface area (Å²) < 4.78 is 5.80. The summed E-state index contributed by atoms with van der Waals surface area (Å²) in [6.45, 7) is 1.24. The second-order valence-electron chi connectivity index (χ2n) is 8.34. The van der Waals surface area contributed by atoms with Crippen molar-refractivity contribution in [2.45, 2.75) is 63.2 Å². The highest BCUT2D eigenvalue weighted by atomic mass is 16.5. The van der Waals surface area contributed by atoms with E-state index in [0.29, 0.717) is 18.1 Å². The molecule has 0 aromatic heterocycles. The number of rotatable bonds is 1. The maximum Gasteiger partial charge on any atom is 0.117 e. The summed E-state index contributed by atoms with van der Waals surface area (Å²) in [6, 6.07) is 0.505. The maximum atomic E-state index is 11.1. The zero-order valence-corrected chi connectivity index (χ0v) is 13.6. The highest BCUT2D eigenvalue weighted by molar-refractivity contribution is 5.04. The topological polar surface area (TPSA) is 33.9 Å². The summed E-state index contributed by atoms with van der Waals surface area (Å²) in [7, 11) is 4.23. The van der Waals surface area contributed by atoms with Gasteiger partial charge in [0.25, 0.3) is 0 Å². The largest absolute Gasteiger partial charge is 0.387 e. The number of nitrogens with one attached hydrogen (secondary N) is 1. The Bertz CT molecular complexity index is 387. The number of likely N-dealkylation sites (tertiary alicyclic amines) is 1. The first kappa shape index (κ1) is 14.5. The molecule has 120 valence electrons. The van der Waals surface area contributed by atoms with Crippen molar-refractivity contribution in [1.82, 2.24) is 0 Å². The maximum absolute atomic E-state index is 11.1. The molecule has 9 atom stereocenters. The van der Waals surface area contributed by atoms with Gasteiger partial charge in [0.1, 0.15) is 12.1 Å². The average molecular weight is 294 g/mol. The molecule has 4 rings (SSSR count). The van der Waals surface area contributed by atoms with Gasteiger partial charge < -0.3 is 14.7 Å². The lowest BCUT2D eigenvalue weighted by atomic mass is 9.51. The summed E-state index contributed by atoms with van der Waals surface area (Å²) in [4.78, 5) is 1.61. The average Bonchev–Trinajstić information content (AvgIpc) is 2.53. The Morgan fingerprint density at radius 1 is 1.00 bits per heavy atom. The first-order chi connectivity index (χ1) is 10.2. The molecular weight excluding hydrogens is 262 g/mol. The Hall–Kier alpha value is -0.120. The number of methoxy groups -OCH3 is 1. The molecule has 1 saturated heterocycles. The third kappa shape index (κ3) is 2.19. The number of quaternary nitrogens is 1. The monoisotopic (exact) mass is 294 g/mol. The summed E-state index contributed by atoms with van der Waals surface area (Å²) in [5, 5.41) is 11.1. The summed E-state index contributed by atoms with van der Waals surface area (Å²) in [6.07, 6.45) is 9.62. The molecule has 3 nitrogen and oxygen atoms in total. The van der Waals surface area contributed by atoms with Gasteiger partial charge in [-0.1, -0.05) is 12.8 Å². The van der Waals surface area contributed by atoms with Crippen molar-refractivity contribution in [3.8, 4) is 0 Å². The molecule has 1 heterocycles. The van der Waals surface area contributed by atoms with Crippen molar-refractivity contribution in [3.63, 3.8) is 0 Å². The number of likely N-dealkylation sites (N-methyl/N-ethyl adjacent to an activating group) is 1. The van der Waals surface area contributed by atoms with Gasteiger partial charge in [-0.05, 0) is 55.8 Å². The molecule has 0 aromatic carbocycles. The minimum Gasteiger partial charge on any atom is -0.387 e. The van der Waals surface area contributed by atoms with Crippen molar-refractivity contribution in [1.29, 1.82) is 0 Å². The Labute approximate surface area is 129 Å². The smallest absolute Gasteiger partial charge is 0.117 e. The number of piperidine rings is 1. The van der Waals surface area contributed by atoms with Gasteiger partial charge in [0.15, 0.2) is 0 Å². The number of fused-ring (bicyclic) bond motifs is 2. The second-order valence-corrected chi connectivity index (χ2v) is 8.34. The zero-order chi connectivity index (χ0) is 14.6. The first-order valence-corrected chi connectivity index (χ1v) is 9.24. The lowest BCUT2D eigenvalue weighted by Gasteiger charge is -2.59. The number of hydrogen-bond donors (Lipinski definition) is 2. The Morgan fingerprint density at radius 2 is 1.76 bits per heavy atom. The van der Waals surface area contributed by atoms with Crippen LogP contribution in [0.15, 0.2) is 0 Å². The summed E-state index contributed by atoms with van der Waals surface area (Å²) in [5.74, 6) is 3.75. The van der Waals surface area contributed by atoms with Crippen LogP contribution in [0.2, 0.25) is 0 Å². The van der Waals surface area contributed by atoms with Gasteiger partial charge in [0.05, 0.1) is 19.7 Å². The Balaban J connectivity index is 1.68. The molecule has 3 saturated carbocycles. The van der Waals surface area contributed by atoms with Crippen LogP contribution in [0.5, 0.6) is 0 Å². The van der Waals surface area contributed by atoms with Gasteiger partial charge in [-0.3, -0.25) is 0 Å². The van der Waals surface area contributed by atoms with Crippen LogP contribution in [0.3, 0.4) is 0 Å². The minimum atomic E-state index is -0.0431. The van der Waals surface area contributed by atoms with Crippen molar-refractivity contribution in [3.05, 3.63) is 0 Å². The van der Waals surface area contributed by atoms with Crippen LogP contribution in [0.1, 0.15) is 44.9 Å². The lowest BCUT2D eigenvalue weighted by molar-refractivity contribution is -0.924. The molecule has 4 fully saturated rings. The SMILES string of the molecule is COC1CC2CC[NH+](C)C3C(O)C4CCCCC4C(C1)C23. The van der Waals surface area contributed by atoms with E-state index >= 15 is 0 Å². The Kier molecular flexibility index (Phi) is 3.79. The molecule has 21 heavy (non-hydrogen) atoms. The van der Waals surface area contributed by atoms with Crippen molar-refractivity contribution < 1.29 is 14.7 Å². The molecule has 3 aliphatic carbocycles. The lowest BCUT2D eigenvalue weighted by Crippen LogP contribution is -3.17. The Morgan fingerprint density at radius 3 is 2.52 bits per heavy atom. The third-order valence-electron chi connectivity index (χ3n) is 7.60. The molecule has 4 aliphatic rings. The van der Waals surface area contributed by atoms with E-state index in [2.05, 4.69) is 7.05 Å². The molecule has 2 N–H and O–H groups in total. The van der Waals surface area contributed by atoms with Gasteiger partial charge in [-0.15, -0.1) is 0 Å². The quantitative estimate of drug-likeness (QED) is 0.760. The van der Waals surface area contributed by atoms with E-state index in [-0.39, 0.29) is 6.10 Å². The molecule has 0 spiro atoms. The summed E-state index contributed by atoms with van der Waals surface area (Å²) >= 11 is 0. The van der Waals surface area contributed by atoms with Crippen LogP contribution in [0.25, 0.3) is 0 Å². The highest BCUT2D eigenvalue weighted by Gasteiger charge is 2.59. The van der Waals surface area contributed by atoms with E-state index in [9.17, 15) is 5.11 Å². The molecule has 0 aromatic rings.